The molecule has 1 aliphatic heterocycles. The van der Waals surface area contributed by atoms with Crippen LogP contribution in [-0.2, 0) is 11.0 Å². The predicted molar refractivity (Wildman–Crippen MR) is 155 cm³/mol. The summed E-state index contributed by atoms with van der Waals surface area (Å²) in [5.74, 6) is -2.03. The van der Waals surface area contributed by atoms with E-state index in [2.05, 4.69) is 15.3 Å². The number of carbonyl (C=O) groups excluding carboxylic acids is 2. The van der Waals surface area contributed by atoms with Gasteiger partial charge in [0.2, 0.25) is 5.91 Å². The number of benzene rings is 1. The van der Waals surface area contributed by atoms with Crippen LogP contribution in [-0.4, -0.2) is 55.8 Å². The van der Waals surface area contributed by atoms with Crippen molar-refractivity contribution in [2.45, 2.75) is 45.2 Å². The lowest BCUT2D eigenvalue weighted by Crippen LogP contribution is -2.39. The topological polar surface area (TPSA) is 128 Å². The van der Waals surface area contributed by atoms with E-state index in [4.69, 9.17) is 27.1 Å². The Labute approximate surface area is 254 Å². The largest absolute Gasteiger partial charge is 0.493 e. The Kier molecular flexibility index (Phi) is 8.64. The molecule has 1 unspecified atom stereocenters. The lowest BCUT2D eigenvalue weighted by molar-refractivity contribution is -0.137. The standard InChI is InChI=1S/C29H28ClF4N7O3/c1-3-23(42)40-9-5-6-15(14-40)27-39-24(25-26(35)37-13-21(30)41(25)27)18-11-19(31)17(12-20(18)44-4-2)28(43)38-22-10-16(7-8-36-22)29(32,33)34/h7-8,10-13,15H,3-6,9,14H2,1-2H3,(H2,35,37)(H,36,38,43). The van der Waals surface area contributed by atoms with Crippen molar-refractivity contribution in [2.75, 3.05) is 30.7 Å². The van der Waals surface area contributed by atoms with E-state index in [1.807, 2.05) is 0 Å². The molecule has 3 N–H and O–H groups in total. The number of fused-ring (bicyclic) bond motifs is 1. The summed E-state index contributed by atoms with van der Waals surface area (Å²) in [7, 11) is 0. The number of anilines is 2. The van der Waals surface area contributed by atoms with Crippen LogP contribution in [0.1, 0.15) is 60.8 Å². The summed E-state index contributed by atoms with van der Waals surface area (Å²) in [6, 6.07) is 3.57. The van der Waals surface area contributed by atoms with Crippen molar-refractivity contribution in [2.24, 2.45) is 0 Å². The Morgan fingerprint density at radius 2 is 1.98 bits per heavy atom. The van der Waals surface area contributed by atoms with E-state index in [1.165, 1.54) is 6.20 Å². The van der Waals surface area contributed by atoms with Crippen LogP contribution in [0.5, 0.6) is 5.75 Å². The number of ether oxygens (including phenoxy) is 1. The average molecular weight is 634 g/mol. The highest BCUT2D eigenvalue weighted by Gasteiger charge is 2.32. The average Bonchev–Trinajstić information content (AvgIpc) is 3.41. The van der Waals surface area contributed by atoms with Gasteiger partial charge < -0.3 is 20.7 Å². The van der Waals surface area contributed by atoms with Crippen LogP contribution in [0.3, 0.4) is 0 Å². The normalized spacial score (nSPS) is 15.4. The lowest BCUT2D eigenvalue weighted by atomic mass is 9.97. The smallest absolute Gasteiger partial charge is 0.416 e. The van der Waals surface area contributed by atoms with Crippen molar-refractivity contribution < 1.29 is 31.9 Å². The van der Waals surface area contributed by atoms with Crippen molar-refractivity contribution in [3.05, 3.63) is 64.6 Å². The molecule has 0 aliphatic carbocycles. The second-order valence-electron chi connectivity index (χ2n) is 10.1. The van der Waals surface area contributed by atoms with Crippen LogP contribution in [0.2, 0.25) is 5.15 Å². The molecule has 0 radical (unpaired) electrons. The van der Waals surface area contributed by atoms with E-state index in [0.717, 1.165) is 30.8 Å². The molecule has 232 valence electrons. The number of nitrogens with one attached hydrogen (secondary N) is 1. The van der Waals surface area contributed by atoms with Gasteiger partial charge in [-0.3, -0.25) is 14.0 Å². The van der Waals surface area contributed by atoms with Gasteiger partial charge in [0.05, 0.1) is 23.9 Å². The fourth-order valence-electron chi connectivity index (χ4n) is 5.28. The molecule has 1 atom stereocenters. The summed E-state index contributed by atoms with van der Waals surface area (Å²) in [6.07, 6.45) is -0.598. The van der Waals surface area contributed by atoms with Crippen LogP contribution < -0.4 is 15.8 Å². The van der Waals surface area contributed by atoms with Gasteiger partial charge in [-0.1, -0.05) is 18.5 Å². The van der Waals surface area contributed by atoms with Gasteiger partial charge in [-0.25, -0.2) is 19.3 Å². The van der Waals surface area contributed by atoms with Crippen molar-refractivity contribution in [1.82, 2.24) is 24.3 Å². The van der Waals surface area contributed by atoms with Crippen molar-refractivity contribution in [3.8, 4) is 17.0 Å². The summed E-state index contributed by atoms with van der Waals surface area (Å²) >= 11 is 6.59. The monoisotopic (exact) mass is 633 g/mol. The Hall–Kier alpha value is -4.46. The molecule has 1 aromatic carbocycles. The van der Waals surface area contributed by atoms with Crippen LogP contribution in [0, 0.1) is 5.82 Å². The first kappa shape index (κ1) is 31.0. The molecular weight excluding hydrogens is 606 g/mol. The number of amides is 2. The second kappa shape index (κ2) is 12.3. The molecule has 1 saturated heterocycles. The third kappa shape index (κ3) is 5.98. The molecule has 5 rings (SSSR count). The van der Waals surface area contributed by atoms with Crippen molar-refractivity contribution >= 4 is 40.6 Å². The number of nitrogens with two attached hydrogens (primary N) is 1. The minimum absolute atomic E-state index is 0.0120. The lowest BCUT2D eigenvalue weighted by Gasteiger charge is -2.32. The molecule has 2 amide bonds. The van der Waals surface area contributed by atoms with Gasteiger partial charge in [-0.15, -0.1) is 0 Å². The number of nitrogens with zero attached hydrogens (tertiary/aromatic N) is 5. The van der Waals surface area contributed by atoms with E-state index >= 15 is 4.39 Å². The van der Waals surface area contributed by atoms with Gasteiger partial charge in [-0.05, 0) is 44.0 Å². The maximum absolute atomic E-state index is 15.6. The van der Waals surface area contributed by atoms with Crippen molar-refractivity contribution in [3.63, 3.8) is 0 Å². The highest BCUT2D eigenvalue weighted by molar-refractivity contribution is 6.30. The quantitative estimate of drug-likeness (QED) is 0.241. The SMILES string of the molecule is CCOc1cc(C(=O)Nc2cc(C(F)(F)F)ccn2)c(F)cc1-c1nc(C2CCCN(C(=O)CC)C2)n2c(Cl)cnc(N)c12. The van der Waals surface area contributed by atoms with E-state index in [1.54, 1.807) is 23.1 Å². The van der Waals surface area contributed by atoms with E-state index in [9.17, 15) is 22.8 Å². The molecule has 1 fully saturated rings. The number of carbonyl (C=O) groups is 2. The molecule has 44 heavy (non-hydrogen) atoms. The number of piperidine rings is 1. The van der Waals surface area contributed by atoms with Gasteiger partial charge in [-0.2, -0.15) is 13.2 Å². The number of imidazole rings is 1. The third-order valence-corrected chi connectivity index (χ3v) is 7.58. The van der Waals surface area contributed by atoms with Crippen LogP contribution >= 0.6 is 11.6 Å². The first-order chi connectivity index (χ1) is 20.9. The maximum atomic E-state index is 15.6. The Morgan fingerprint density at radius 3 is 2.68 bits per heavy atom. The van der Waals surface area contributed by atoms with E-state index < -0.39 is 34.8 Å². The highest BCUT2D eigenvalue weighted by Crippen LogP contribution is 2.40. The van der Waals surface area contributed by atoms with Gasteiger partial charge in [0.15, 0.2) is 0 Å². The zero-order valence-electron chi connectivity index (χ0n) is 23.7. The first-order valence-electron chi connectivity index (χ1n) is 13.8. The minimum Gasteiger partial charge on any atom is -0.493 e. The van der Waals surface area contributed by atoms with Crippen LogP contribution in [0.4, 0.5) is 29.2 Å². The fourth-order valence-corrected chi connectivity index (χ4v) is 5.50. The maximum Gasteiger partial charge on any atom is 0.416 e. The molecule has 0 bridgehead atoms. The zero-order chi connectivity index (χ0) is 31.8. The molecule has 0 spiro atoms. The third-order valence-electron chi connectivity index (χ3n) is 7.31. The number of likely N-dealkylation sites (tertiary alicyclic amines) is 1. The van der Waals surface area contributed by atoms with E-state index in [-0.39, 0.29) is 51.9 Å². The Bertz CT molecular complexity index is 1740. The van der Waals surface area contributed by atoms with Gasteiger partial charge in [0.1, 0.15) is 45.4 Å². The number of rotatable bonds is 7. The molecule has 4 aromatic rings. The summed E-state index contributed by atoms with van der Waals surface area (Å²) in [4.78, 5) is 40.0. The summed E-state index contributed by atoms with van der Waals surface area (Å²) in [5.41, 5.74) is 5.40. The Balaban J connectivity index is 1.59. The van der Waals surface area contributed by atoms with Gasteiger partial charge in [0.25, 0.3) is 5.91 Å². The minimum atomic E-state index is -4.66. The summed E-state index contributed by atoms with van der Waals surface area (Å²) in [6.45, 7) is 4.63. The molecule has 10 nitrogen and oxygen atoms in total. The molecule has 0 saturated carbocycles. The number of hydrogen-bond donors (Lipinski definition) is 2. The number of pyridine rings is 1. The number of hydrogen-bond acceptors (Lipinski definition) is 7. The summed E-state index contributed by atoms with van der Waals surface area (Å²) < 4.78 is 62.4. The molecular formula is C29H28ClF4N7O3. The fraction of sp³-hybridized carbons (Fsp3) is 0.345. The molecule has 3 aromatic heterocycles. The first-order valence-corrected chi connectivity index (χ1v) is 14.2. The van der Waals surface area contributed by atoms with Gasteiger partial charge >= 0.3 is 6.18 Å². The number of alkyl halides is 3. The molecule has 4 heterocycles. The summed E-state index contributed by atoms with van der Waals surface area (Å²) in [5, 5.41) is 2.41. The van der Waals surface area contributed by atoms with Crippen LogP contribution in [0.25, 0.3) is 16.8 Å². The van der Waals surface area contributed by atoms with Crippen LogP contribution in [0.15, 0.2) is 36.7 Å². The molecule has 15 heteroatoms. The number of aromatic nitrogens is 4. The zero-order valence-corrected chi connectivity index (χ0v) is 24.5. The van der Waals surface area contributed by atoms with Crippen molar-refractivity contribution in [1.29, 1.82) is 0 Å². The Morgan fingerprint density at radius 1 is 1.20 bits per heavy atom. The number of nitrogen functional groups attached to an aromatic ring is 1. The second-order valence-corrected chi connectivity index (χ2v) is 10.5. The molecule has 1 aliphatic rings. The van der Waals surface area contributed by atoms with E-state index in [0.29, 0.717) is 37.8 Å². The highest BCUT2D eigenvalue weighted by atomic mass is 35.5. The predicted octanol–water partition coefficient (Wildman–Crippen LogP) is 5.95. The van der Waals surface area contributed by atoms with Gasteiger partial charge in [0, 0.05) is 37.2 Å². The number of halogens is 5.